The molecule has 0 spiro atoms. The summed E-state index contributed by atoms with van der Waals surface area (Å²) in [6.45, 7) is 6.37. The second kappa shape index (κ2) is 5.34. The van der Waals surface area contributed by atoms with Gasteiger partial charge in [-0.3, -0.25) is 9.48 Å². The Kier molecular flexibility index (Phi) is 4.09. The topological polar surface area (TPSA) is 46.9 Å². The number of carbonyl (C=O) groups excluding carboxylic acids is 1. The molecule has 0 unspecified atom stereocenters. The van der Waals surface area contributed by atoms with E-state index in [1.165, 1.54) is 0 Å². The van der Waals surface area contributed by atoms with Crippen LogP contribution in [0.4, 0.5) is 0 Å². The van der Waals surface area contributed by atoms with Crippen LogP contribution in [0.5, 0.6) is 0 Å². The molecule has 4 heteroatoms. The van der Waals surface area contributed by atoms with Crippen LogP contribution in [0.25, 0.3) is 0 Å². The Morgan fingerprint density at radius 2 is 2.47 bits per heavy atom. The zero-order valence-corrected chi connectivity index (χ0v) is 9.29. The molecule has 0 bridgehead atoms. The first-order chi connectivity index (χ1) is 7.20. The van der Waals surface area contributed by atoms with Crippen molar-refractivity contribution in [3.05, 3.63) is 30.1 Å². The van der Waals surface area contributed by atoms with Gasteiger partial charge in [-0.05, 0) is 12.8 Å². The Bertz CT molecular complexity index is 355. The summed E-state index contributed by atoms with van der Waals surface area (Å²) >= 11 is 0. The molecule has 0 atom stereocenters. The number of nitrogens with zero attached hydrogens (tertiary/aromatic N) is 2. The smallest absolute Gasteiger partial charge is 0.269 e. The van der Waals surface area contributed by atoms with Gasteiger partial charge in [-0.15, -0.1) is 6.58 Å². The predicted octanol–water partition coefficient (Wildman–Crippen LogP) is 1.29. The highest BCUT2D eigenvalue weighted by molar-refractivity contribution is 5.93. The molecular weight excluding hydrogens is 190 g/mol. The first-order valence-electron chi connectivity index (χ1n) is 5.10. The van der Waals surface area contributed by atoms with Crippen molar-refractivity contribution in [2.75, 3.05) is 6.54 Å². The number of rotatable bonds is 5. The SMILES string of the molecule is C=CCc1cnn(C)c1C(=O)NCCC. The van der Waals surface area contributed by atoms with E-state index < -0.39 is 0 Å². The Morgan fingerprint density at radius 3 is 3.07 bits per heavy atom. The second-order valence-corrected chi connectivity index (χ2v) is 3.39. The third-order valence-corrected chi connectivity index (χ3v) is 2.13. The van der Waals surface area contributed by atoms with Gasteiger partial charge in [0, 0.05) is 19.2 Å². The lowest BCUT2D eigenvalue weighted by Gasteiger charge is -2.05. The molecule has 0 aliphatic rings. The minimum atomic E-state index is -0.0614. The molecule has 1 rings (SSSR count). The lowest BCUT2D eigenvalue weighted by atomic mass is 10.1. The van der Waals surface area contributed by atoms with Crippen LogP contribution in [0.3, 0.4) is 0 Å². The summed E-state index contributed by atoms with van der Waals surface area (Å²) < 4.78 is 1.60. The Balaban J connectivity index is 2.85. The van der Waals surface area contributed by atoms with E-state index in [2.05, 4.69) is 17.0 Å². The van der Waals surface area contributed by atoms with E-state index in [0.29, 0.717) is 18.7 Å². The van der Waals surface area contributed by atoms with Crippen molar-refractivity contribution < 1.29 is 4.79 Å². The summed E-state index contributed by atoms with van der Waals surface area (Å²) in [5.74, 6) is -0.0614. The molecule has 0 aliphatic heterocycles. The van der Waals surface area contributed by atoms with Gasteiger partial charge in [0.05, 0.1) is 6.20 Å². The van der Waals surface area contributed by atoms with Crippen molar-refractivity contribution in [3.8, 4) is 0 Å². The van der Waals surface area contributed by atoms with Crippen LogP contribution in [0.1, 0.15) is 29.4 Å². The third kappa shape index (κ3) is 2.68. The molecule has 15 heavy (non-hydrogen) atoms. The van der Waals surface area contributed by atoms with Gasteiger partial charge in [-0.25, -0.2) is 0 Å². The Morgan fingerprint density at radius 1 is 1.73 bits per heavy atom. The van der Waals surface area contributed by atoms with Crippen molar-refractivity contribution in [1.82, 2.24) is 15.1 Å². The number of aromatic nitrogens is 2. The number of aryl methyl sites for hydroxylation is 1. The summed E-state index contributed by atoms with van der Waals surface area (Å²) in [5.41, 5.74) is 1.55. The fraction of sp³-hybridized carbons (Fsp3) is 0.455. The minimum absolute atomic E-state index is 0.0614. The first-order valence-corrected chi connectivity index (χ1v) is 5.10. The largest absolute Gasteiger partial charge is 0.351 e. The molecule has 0 fully saturated rings. The van der Waals surface area contributed by atoms with Crippen LogP contribution in [-0.2, 0) is 13.5 Å². The Hall–Kier alpha value is -1.58. The lowest BCUT2D eigenvalue weighted by molar-refractivity contribution is 0.0943. The zero-order chi connectivity index (χ0) is 11.3. The van der Waals surface area contributed by atoms with Crippen LogP contribution >= 0.6 is 0 Å². The van der Waals surface area contributed by atoms with E-state index in [1.807, 2.05) is 6.92 Å². The van der Waals surface area contributed by atoms with Gasteiger partial charge >= 0.3 is 0 Å². The number of carbonyl (C=O) groups is 1. The van der Waals surface area contributed by atoms with E-state index in [9.17, 15) is 4.79 Å². The molecule has 0 saturated heterocycles. The summed E-state index contributed by atoms with van der Waals surface area (Å²) in [7, 11) is 1.77. The van der Waals surface area contributed by atoms with Crippen molar-refractivity contribution in [3.63, 3.8) is 0 Å². The fourth-order valence-corrected chi connectivity index (χ4v) is 1.40. The van der Waals surface area contributed by atoms with E-state index in [4.69, 9.17) is 0 Å². The summed E-state index contributed by atoms with van der Waals surface area (Å²) in [6.07, 6.45) is 5.08. The quantitative estimate of drug-likeness (QED) is 0.739. The molecule has 82 valence electrons. The number of nitrogens with one attached hydrogen (secondary N) is 1. The van der Waals surface area contributed by atoms with Crippen LogP contribution in [0, 0.1) is 0 Å². The maximum absolute atomic E-state index is 11.8. The predicted molar refractivity (Wildman–Crippen MR) is 59.7 cm³/mol. The van der Waals surface area contributed by atoms with Crippen LogP contribution < -0.4 is 5.32 Å². The van der Waals surface area contributed by atoms with Gasteiger partial charge in [-0.2, -0.15) is 5.10 Å². The Labute approximate surface area is 90.0 Å². The van der Waals surface area contributed by atoms with Gasteiger partial charge in [0.15, 0.2) is 0 Å². The average Bonchev–Trinajstić information content (AvgIpc) is 2.57. The lowest BCUT2D eigenvalue weighted by Crippen LogP contribution is -2.27. The van der Waals surface area contributed by atoms with Gasteiger partial charge in [0.25, 0.3) is 5.91 Å². The molecule has 1 amide bonds. The molecule has 0 aromatic carbocycles. The molecule has 1 aromatic rings. The molecule has 0 radical (unpaired) electrons. The van der Waals surface area contributed by atoms with Crippen molar-refractivity contribution >= 4 is 5.91 Å². The highest BCUT2D eigenvalue weighted by atomic mass is 16.2. The van der Waals surface area contributed by atoms with Crippen molar-refractivity contribution in [1.29, 1.82) is 0 Å². The molecule has 4 nitrogen and oxygen atoms in total. The highest BCUT2D eigenvalue weighted by Gasteiger charge is 2.14. The number of hydrogen-bond donors (Lipinski definition) is 1. The normalized spacial score (nSPS) is 10.0. The summed E-state index contributed by atoms with van der Waals surface area (Å²) in [4.78, 5) is 11.8. The molecule has 1 aromatic heterocycles. The molecular formula is C11H17N3O. The summed E-state index contributed by atoms with van der Waals surface area (Å²) in [6, 6.07) is 0. The van der Waals surface area contributed by atoms with Gasteiger partial charge in [-0.1, -0.05) is 13.0 Å². The number of amides is 1. The highest BCUT2D eigenvalue weighted by Crippen LogP contribution is 2.08. The molecule has 0 saturated carbocycles. The van der Waals surface area contributed by atoms with Crippen LogP contribution in [0.15, 0.2) is 18.9 Å². The second-order valence-electron chi connectivity index (χ2n) is 3.39. The molecule has 1 N–H and O–H groups in total. The average molecular weight is 207 g/mol. The minimum Gasteiger partial charge on any atom is -0.351 e. The number of hydrogen-bond acceptors (Lipinski definition) is 2. The van der Waals surface area contributed by atoms with E-state index in [-0.39, 0.29) is 5.91 Å². The van der Waals surface area contributed by atoms with Crippen molar-refractivity contribution in [2.24, 2.45) is 7.05 Å². The van der Waals surface area contributed by atoms with Gasteiger partial charge in [0.1, 0.15) is 5.69 Å². The van der Waals surface area contributed by atoms with Crippen molar-refractivity contribution in [2.45, 2.75) is 19.8 Å². The molecule has 0 aliphatic carbocycles. The van der Waals surface area contributed by atoms with Crippen LogP contribution in [-0.4, -0.2) is 22.2 Å². The fourth-order valence-electron chi connectivity index (χ4n) is 1.40. The van der Waals surface area contributed by atoms with Crippen LogP contribution in [0.2, 0.25) is 0 Å². The standard InChI is InChI=1S/C11H17N3O/c1-4-6-9-8-13-14(3)10(9)11(15)12-7-5-2/h4,8H,1,5-7H2,2-3H3,(H,12,15). The maximum Gasteiger partial charge on any atom is 0.269 e. The monoisotopic (exact) mass is 207 g/mol. The maximum atomic E-state index is 11.8. The van der Waals surface area contributed by atoms with E-state index in [0.717, 1.165) is 12.0 Å². The van der Waals surface area contributed by atoms with Gasteiger partial charge < -0.3 is 5.32 Å². The first kappa shape index (κ1) is 11.5. The summed E-state index contributed by atoms with van der Waals surface area (Å²) in [5, 5.41) is 6.91. The van der Waals surface area contributed by atoms with Gasteiger partial charge in [0.2, 0.25) is 0 Å². The molecule has 1 heterocycles. The third-order valence-electron chi connectivity index (χ3n) is 2.13. The zero-order valence-electron chi connectivity index (χ0n) is 9.29. The number of allylic oxidation sites excluding steroid dienone is 1. The van der Waals surface area contributed by atoms with E-state index in [1.54, 1.807) is 24.0 Å². The van der Waals surface area contributed by atoms with E-state index >= 15 is 0 Å².